The molecule has 6 heteroatoms. The lowest BCUT2D eigenvalue weighted by Crippen LogP contribution is -2.15. The molecule has 1 aliphatic rings. The molecule has 0 unspecified atom stereocenters. The van der Waals surface area contributed by atoms with E-state index in [4.69, 9.17) is 4.11 Å². The highest BCUT2D eigenvalue weighted by Gasteiger charge is 2.39. The smallest absolute Gasteiger partial charge is 0.228 e. The zero-order valence-corrected chi connectivity index (χ0v) is 12.4. The van der Waals surface area contributed by atoms with Crippen LogP contribution in [0.25, 0.3) is 10.8 Å². The maximum atomic E-state index is 12.0. The number of anilines is 2. The second-order valence-corrected chi connectivity index (χ2v) is 5.86. The van der Waals surface area contributed by atoms with Gasteiger partial charge in [-0.15, -0.1) is 0 Å². The Morgan fingerprint density at radius 1 is 1.45 bits per heavy atom. The van der Waals surface area contributed by atoms with E-state index in [1.165, 1.54) is 12.4 Å². The van der Waals surface area contributed by atoms with Gasteiger partial charge in [-0.2, -0.15) is 0 Å². The number of fused-ring (bicyclic) bond motifs is 1. The summed E-state index contributed by atoms with van der Waals surface area (Å²) >= 11 is 3.39. The lowest BCUT2D eigenvalue weighted by molar-refractivity contribution is -0.117. The summed E-state index contributed by atoms with van der Waals surface area (Å²) < 4.78 is 22.6. The first kappa shape index (κ1) is 10.1. The fraction of sp³-hybridized carbons (Fsp3) is 0.357. The molecule has 0 saturated heterocycles. The second kappa shape index (κ2) is 5.01. The molecule has 2 N–H and O–H groups in total. The van der Waals surface area contributed by atoms with Gasteiger partial charge in [0.2, 0.25) is 5.91 Å². The molecule has 0 radical (unpaired) electrons. The van der Waals surface area contributed by atoms with Crippen molar-refractivity contribution in [2.75, 3.05) is 17.6 Å². The predicted octanol–water partition coefficient (Wildman–Crippen LogP) is 3.03. The summed E-state index contributed by atoms with van der Waals surface area (Å²) in [6.45, 7) is -0.310. The highest BCUT2D eigenvalue weighted by atomic mass is 79.9. The summed E-state index contributed by atoms with van der Waals surface area (Å²) in [5.41, 5.74) is 0. The molecule has 3 rings (SSSR count). The van der Waals surface area contributed by atoms with E-state index in [0.29, 0.717) is 21.6 Å². The van der Waals surface area contributed by atoms with E-state index in [-0.39, 0.29) is 17.6 Å². The molecule has 2 atom stereocenters. The van der Waals surface area contributed by atoms with Crippen LogP contribution >= 0.6 is 15.9 Å². The first-order valence-corrected chi connectivity index (χ1v) is 7.07. The molecule has 1 amide bonds. The van der Waals surface area contributed by atoms with Crippen molar-refractivity contribution < 1.29 is 8.91 Å². The molecule has 5 nitrogen and oxygen atoms in total. The Morgan fingerprint density at radius 3 is 2.95 bits per heavy atom. The SMILES string of the molecule is [2H]C([2H])([2H])Nc1ncc(Br)c2cc(NC(=O)[C@H]3C[C@H]3C)ncc12. The highest BCUT2D eigenvalue weighted by molar-refractivity contribution is 9.10. The molecule has 0 bridgehead atoms. The number of aromatic nitrogens is 2. The normalized spacial score (nSPS) is 23.6. The Morgan fingerprint density at radius 2 is 2.25 bits per heavy atom. The van der Waals surface area contributed by atoms with Crippen molar-refractivity contribution in [3.8, 4) is 0 Å². The summed E-state index contributed by atoms with van der Waals surface area (Å²) in [5.74, 6) is 1.11. The molecule has 0 aliphatic heterocycles. The molecule has 104 valence electrons. The van der Waals surface area contributed by atoms with Crippen LogP contribution in [-0.2, 0) is 4.79 Å². The predicted molar refractivity (Wildman–Crippen MR) is 82.7 cm³/mol. The fourth-order valence-electron chi connectivity index (χ4n) is 2.18. The maximum Gasteiger partial charge on any atom is 0.228 e. The van der Waals surface area contributed by atoms with Crippen LogP contribution in [0, 0.1) is 11.8 Å². The maximum absolute atomic E-state index is 12.0. The second-order valence-electron chi connectivity index (χ2n) is 5.00. The van der Waals surface area contributed by atoms with E-state index in [2.05, 4.69) is 36.5 Å². The minimum atomic E-state index is -2.34. The molecule has 1 fully saturated rings. The summed E-state index contributed by atoms with van der Waals surface area (Å²) in [6, 6.07) is 1.71. The number of amides is 1. The average molecular weight is 338 g/mol. The van der Waals surface area contributed by atoms with Gasteiger partial charge in [0.25, 0.3) is 0 Å². The van der Waals surface area contributed by atoms with Crippen molar-refractivity contribution in [2.45, 2.75) is 13.3 Å². The molecular formula is C14H15BrN4O. The number of hydrogen-bond donors (Lipinski definition) is 2. The van der Waals surface area contributed by atoms with Crippen LogP contribution in [0.4, 0.5) is 11.6 Å². The quantitative estimate of drug-likeness (QED) is 0.903. The average Bonchev–Trinajstić information content (AvgIpc) is 3.18. The van der Waals surface area contributed by atoms with Gasteiger partial charge in [-0.05, 0) is 34.3 Å². The third kappa shape index (κ3) is 2.35. The monoisotopic (exact) mass is 337 g/mol. The molecule has 2 aromatic heterocycles. The van der Waals surface area contributed by atoms with Crippen LogP contribution in [0.3, 0.4) is 0 Å². The third-order valence-corrected chi connectivity index (χ3v) is 4.17. The Balaban J connectivity index is 1.93. The van der Waals surface area contributed by atoms with E-state index >= 15 is 0 Å². The van der Waals surface area contributed by atoms with Gasteiger partial charge < -0.3 is 10.6 Å². The Kier molecular flexibility index (Phi) is 2.53. The van der Waals surface area contributed by atoms with Crippen molar-refractivity contribution in [1.82, 2.24) is 9.97 Å². The lowest BCUT2D eigenvalue weighted by Gasteiger charge is -2.09. The van der Waals surface area contributed by atoms with E-state index < -0.39 is 6.98 Å². The number of pyridine rings is 2. The summed E-state index contributed by atoms with van der Waals surface area (Å²) in [6.07, 6.45) is 3.93. The molecule has 0 spiro atoms. The molecule has 1 aliphatic carbocycles. The van der Waals surface area contributed by atoms with Crippen LogP contribution in [0.2, 0.25) is 0 Å². The highest BCUT2D eigenvalue weighted by Crippen LogP contribution is 2.38. The van der Waals surface area contributed by atoms with E-state index in [1.807, 2.05) is 6.92 Å². The molecule has 2 aromatic rings. The molecule has 2 heterocycles. The van der Waals surface area contributed by atoms with Gasteiger partial charge in [-0.3, -0.25) is 4.79 Å². The standard InChI is InChI=1S/C14H15BrN4O/c1-7-3-8(7)14(20)19-12-4-9-10(5-17-12)13(16-2)18-6-11(9)15/h4-8H,3H2,1-2H3,(H,16,18)(H,17,19,20)/t7-,8+/m1/s1/i2D3. The van der Waals surface area contributed by atoms with Crippen LogP contribution in [0.15, 0.2) is 22.9 Å². The van der Waals surface area contributed by atoms with E-state index in [1.54, 1.807) is 6.07 Å². The molecular weight excluding hydrogens is 320 g/mol. The number of rotatable bonds is 3. The number of nitrogens with one attached hydrogen (secondary N) is 2. The van der Waals surface area contributed by atoms with Crippen molar-refractivity contribution in [1.29, 1.82) is 0 Å². The van der Waals surface area contributed by atoms with E-state index in [0.717, 1.165) is 11.8 Å². The summed E-state index contributed by atoms with van der Waals surface area (Å²) in [7, 11) is 0. The van der Waals surface area contributed by atoms with Crippen LogP contribution in [0.1, 0.15) is 17.5 Å². The van der Waals surface area contributed by atoms with Crippen molar-refractivity contribution in [3.05, 3.63) is 22.9 Å². The van der Waals surface area contributed by atoms with Gasteiger partial charge in [-0.25, -0.2) is 9.97 Å². The fourth-order valence-corrected chi connectivity index (χ4v) is 2.61. The topological polar surface area (TPSA) is 66.9 Å². The zero-order valence-electron chi connectivity index (χ0n) is 13.8. The van der Waals surface area contributed by atoms with Crippen LogP contribution in [0.5, 0.6) is 0 Å². The Bertz CT molecular complexity index is 780. The third-order valence-electron chi connectivity index (χ3n) is 3.54. The first-order valence-electron chi connectivity index (χ1n) is 7.78. The number of carbonyl (C=O) groups is 1. The van der Waals surface area contributed by atoms with Crippen molar-refractivity contribution in [2.24, 2.45) is 11.8 Å². The van der Waals surface area contributed by atoms with Crippen LogP contribution in [-0.4, -0.2) is 22.9 Å². The number of carbonyl (C=O) groups excluding carboxylic acids is 1. The number of hydrogen-bond acceptors (Lipinski definition) is 4. The molecule has 20 heavy (non-hydrogen) atoms. The van der Waals surface area contributed by atoms with Gasteiger partial charge in [-0.1, -0.05) is 6.92 Å². The molecule has 1 saturated carbocycles. The van der Waals surface area contributed by atoms with Crippen molar-refractivity contribution >= 4 is 44.2 Å². The Labute approximate surface area is 129 Å². The number of halogens is 1. The van der Waals surface area contributed by atoms with Crippen LogP contribution < -0.4 is 10.6 Å². The summed E-state index contributed by atoms with van der Waals surface area (Å²) in [4.78, 5) is 20.3. The van der Waals surface area contributed by atoms with Gasteiger partial charge in [0, 0.05) is 44.6 Å². The Hall–Kier alpha value is -1.69. The van der Waals surface area contributed by atoms with Gasteiger partial charge in [0.15, 0.2) is 0 Å². The minimum Gasteiger partial charge on any atom is -0.373 e. The van der Waals surface area contributed by atoms with Gasteiger partial charge in [0.05, 0.1) is 0 Å². The lowest BCUT2D eigenvalue weighted by atomic mass is 10.2. The number of nitrogens with zero attached hydrogens (tertiary/aromatic N) is 2. The van der Waals surface area contributed by atoms with Crippen molar-refractivity contribution in [3.63, 3.8) is 0 Å². The van der Waals surface area contributed by atoms with Gasteiger partial charge in [0.1, 0.15) is 11.6 Å². The largest absolute Gasteiger partial charge is 0.373 e. The zero-order chi connectivity index (χ0) is 16.8. The summed E-state index contributed by atoms with van der Waals surface area (Å²) in [5, 5.41) is 6.47. The van der Waals surface area contributed by atoms with E-state index in [9.17, 15) is 4.79 Å². The first-order chi connectivity index (χ1) is 10.7. The van der Waals surface area contributed by atoms with Gasteiger partial charge >= 0.3 is 0 Å². The minimum absolute atomic E-state index is 0.0321. The molecule has 0 aromatic carbocycles.